The second kappa shape index (κ2) is 27.2. The van der Waals surface area contributed by atoms with Crippen LogP contribution in [0.4, 0.5) is 17.2 Å². The maximum atomic E-state index is 7.12. The zero-order valence-electron chi connectivity index (χ0n) is 60.0. The lowest BCUT2D eigenvalue weighted by molar-refractivity contribution is 0.394. The Morgan fingerprint density at radius 1 is 0.330 bits per heavy atom. The highest BCUT2D eigenvalue weighted by molar-refractivity contribution is 6.21. The molecule has 97 heavy (non-hydrogen) atoms. The number of furan rings is 2. The molecule has 0 saturated carbocycles. The summed E-state index contributed by atoms with van der Waals surface area (Å²) in [6.45, 7) is 19.3. The highest BCUT2D eigenvalue weighted by atomic mass is 16.3. The maximum absolute atomic E-state index is 7.12. The van der Waals surface area contributed by atoms with Crippen molar-refractivity contribution < 1.29 is 8.83 Å². The summed E-state index contributed by atoms with van der Waals surface area (Å²) >= 11 is 0. The molecule has 0 aliphatic heterocycles. The van der Waals surface area contributed by atoms with E-state index in [1.54, 1.807) is 16.7 Å². The highest BCUT2D eigenvalue weighted by Crippen LogP contribution is 2.66. The van der Waals surface area contributed by atoms with Gasteiger partial charge in [0.05, 0.1) is 0 Å². The summed E-state index contributed by atoms with van der Waals surface area (Å²) in [7, 11) is 0. The van der Waals surface area contributed by atoms with E-state index in [-0.39, 0.29) is 21.7 Å². The van der Waals surface area contributed by atoms with Gasteiger partial charge in [-0.05, 0) is 176 Å². The largest absolute Gasteiger partial charge is 0.456 e. The van der Waals surface area contributed by atoms with Crippen LogP contribution < -0.4 is 4.90 Å². The van der Waals surface area contributed by atoms with Gasteiger partial charge in [0.25, 0.3) is 0 Å². The third-order valence-electron chi connectivity index (χ3n) is 24.4. The van der Waals surface area contributed by atoms with Crippen LogP contribution in [0, 0.1) is 0 Å². The number of benzene rings is 8. The topological polar surface area (TPSA) is 42.4 Å². The third kappa shape index (κ3) is 11.0. The van der Waals surface area contributed by atoms with Crippen LogP contribution in [0.25, 0.3) is 88.4 Å². The van der Waals surface area contributed by atoms with Crippen LogP contribution in [0.3, 0.4) is 0 Å². The Morgan fingerprint density at radius 3 is 1.40 bits per heavy atom. The molecule has 0 amide bonds. The number of para-hydroxylation sites is 2. The maximum Gasteiger partial charge on any atom is 0.144 e. The Bertz CT molecular complexity index is 4650. The summed E-state index contributed by atoms with van der Waals surface area (Å²) in [6, 6.07) is 59.1. The molecule has 4 nitrogen and oxygen atoms in total. The molecule has 8 aromatic carbocycles. The van der Waals surface area contributed by atoms with Gasteiger partial charge in [-0.25, -0.2) is 4.98 Å². The van der Waals surface area contributed by atoms with Crippen LogP contribution >= 0.6 is 0 Å². The minimum atomic E-state index is -0.345. The van der Waals surface area contributed by atoms with E-state index in [1.807, 2.05) is 6.20 Å². The molecule has 3 heterocycles. The van der Waals surface area contributed by atoms with E-state index in [0.29, 0.717) is 0 Å². The number of aromatic nitrogens is 1. The van der Waals surface area contributed by atoms with Crippen molar-refractivity contribution >= 4 is 61.1 Å². The first-order valence-electron chi connectivity index (χ1n) is 38.8. The number of nitrogens with zero attached hydrogens (tertiary/aromatic N) is 2. The van der Waals surface area contributed by atoms with E-state index < -0.39 is 0 Å². The van der Waals surface area contributed by atoms with Crippen molar-refractivity contribution in [1.29, 1.82) is 0 Å². The minimum absolute atomic E-state index is 0.0984. The molecule has 0 radical (unpaired) electrons. The van der Waals surface area contributed by atoms with Crippen LogP contribution in [-0.4, -0.2) is 4.98 Å². The van der Waals surface area contributed by atoms with Gasteiger partial charge in [-0.15, -0.1) is 0 Å². The Morgan fingerprint density at radius 2 is 0.794 bits per heavy atom. The van der Waals surface area contributed by atoms with Crippen LogP contribution in [0.5, 0.6) is 0 Å². The predicted octanol–water partition coefficient (Wildman–Crippen LogP) is 28.5. The molecule has 4 aliphatic carbocycles. The van der Waals surface area contributed by atoms with Crippen molar-refractivity contribution in [2.75, 3.05) is 4.90 Å². The molecular formula is C93H106N2O2. The smallest absolute Gasteiger partial charge is 0.144 e. The predicted molar refractivity (Wildman–Crippen MR) is 413 cm³/mol. The van der Waals surface area contributed by atoms with Gasteiger partial charge < -0.3 is 8.83 Å². The summed E-state index contributed by atoms with van der Waals surface area (Å²) in [4.78, 5) is 7.83. The zero-order chi connectivity index (χ0) is 66.5. The summed E-state index contributed by atoms with van der Waals surface area (Å²) in [6.07, 6.45) is 37.5. The van der Waals surface area contributed by atoms with E-state index in [2.05, 4.69) is 212 Å². The van der Waals surface area contributed by atoms with E-state index in [1.165, 1.54) is 266 Å². The molecule has 0 N–H and O–H groups in total. The van der Waals surface area contributed by atoms with E-state index >= 15 is 0 Å². The molecule has 0 atom stereocenters. The molecular weight excluding hydrogens is 1180 g/mol. The molecule has 3 aromatic heterocycles. The van der Waals surface area contributed by atoms with Gasteiger partial charge in [-0.3, -0.25) is 4.90 Å². The normalized spacial score (nSPS) is 15.3. The summed E-state index contributed by atoms with van der Waals surface area (Å²) in [5.41, 5.74) is 28.3. The fraction of sp³-hybridized carbons (Fsp3) is 0.430. The lowest BCUT2D eigenvalue weighted by Crippen LogP contribution is -2.27. The lowest BCUT2D eigenvalue weighted by atomic mass is 9.68. The summed E-state index contributed by atoms with van der Waals surface area (Å²) in [5.74, 6) is 0.936. The first-order chi connectivity index (χ1) is 47.5. The fourth-order valence-corrected chi connectivity index (χ4v) is 19.6. The highest BCUT2D eigenvalue weighted by Gasteiger charge is 2.51. The van der Waals surface area contributed by atoms with E-state index in [4.69, 9.17) is 13.8 Å². The van der Waals surface area contributed by atoms with Crippen molar-refractivity contribution in [2.24, 2.45) is 0 Å². The van der Waals surface area contributed by atoms with E-state index in [9.17, 15) is 0 Å². The molecule has 11 aromatic rings. The van der Waals surface area contributed by atoms with Gasteiger partial charge in [-0.1, -0.05) is 294 Å². The monoisotopic (exact) mass is 1280 g/mol. The first kappa shape index (κ1) is 65.3. The van der Waals surface area contributed by atoms with Crippen LogP contribution in [-0.2, 0) is 21.7 Å². The van der Waals surface area contributed by atoms with Gasteiger partial charge in [0, 0.05) is 66.3 Å². The number of pyridine rings is 1. The molecule has 4 aliphatic rings. The summed E-state index contributed by atoms with van der Waals surface area (Å²) in [5, 5.41) is 5.00. The standard InChI is InChI=1S/C93H106N2O2/c1-9-13-17-21-25-36-54-92(55-37-26-22-18-14-10-2)73-52-53-80-83(68-42-30-33-45-78(68)96-80)82(73)71-62-76-70(61-77(71)92)65-50-48-64(60-75(65)93(76,56-38-27-23-19-15-11-3)57-39-28-24-20-16-12-4)95(81-47-35-40-58-94-81)63-49-51-67-74(59-63)91(7,8)87-84(67)85-69-43-31-34-46-79(69)97-89(85)86-66-41-29-32-44-72(66)90(5,6)88(86)87/h29-35,40-53,58-62H,9-28,36-39,54-57H2,1-8H3. The summed E-state index contributed by atoms with van der Waals surface area (Å²) < 4.78 is 14.0. The molecule has 4 heteroatoms. The fourth-order valence-electron chi connectivity index (χ4n) is 19.6. The molecule has 0 spiro atoms. The Kier molecular flexibility index (Phi) is 18.3. The van der Waals surface area contributed by atoms with Gasteiger partial charge in [-0.2, -0.15) is 0 Å². The second-order valence-electron chi connectivity index (χ2n) is 31.2. The third-order valence-corrected chi connectivity index (χ3v) is 24.4. The van der Waals surface area contributed by atoms with Crippen molar-refractivity contribution in [3.8, 4) is 44.5 Å². The number of hydrogen-bond acceptors (Lipinski definition) is 4. The number of anilines is 3. The van der Waals surface area contributed by atoms with Crippen LogP contribution in [0.15, 0.2) is 167 Å². The van der Waals surface area contributed by atoms with Crippen molar-refractivity contribution in [1.82, 2.24) is 4.98 Å². The van der Waals surface area contributed by atoms with Gasteiger partial charge in [0.1, 0.15) is 28.1 Å². The zero-order valence-corrected chi connectivity index (χ0v) is 60.0. The van der Waals surface area contributed by atoms with Crippen LogP contribution in [0.1, 0.15) is 280 Å². The molecule has 0 fully saturated rings. The molecule has 0 unspecified atom stereocenters. The molecule has 0 saturated heterocycles. The van der Waals surface area contributed by atoms with Gasteiger partial charge in [0.15, 0.2) is 0 Å². The molecule has 0 bridgehead atoms. The second-order valence-corrected chi connectivity index (χ2v) is 31.2. The average Bonchev–Trinajstić information content (AvgIpc) is 1.51. The van der Waals surface area contributed by atoms with Crippen molar-refractivity contribution in [3.63, 3.8) is 0 Å². The molecule has 500 valence electrons. The van der Waals surface area contributed by atoms with Crippen molar-refractivity contribution in [3.05, 3.63) is 202 Å². The quantitative estimate of drug-likeness (QED) is 0.0406. The molecule has 15 rings (SSSR count). The Balaban J connectivity index is 0.928. The number of rotatable bonds is 31. The average molecular weight is 1280 g/mol. The number of hydrogen-bond donors (Lipinski definition) is 0. The van der Waals surface area contributed by atoms with Gasteiger partial charge >= 0.3 is 0 Å². The number of fused-ring (bicyclic) bond motifs is 22. The Hall–Kier alpha value is -7.69. The number of unbranched alkanes of at least 4 members (excludes halogenated alkanes) is 20. The SMILES string of the molecule is CCCCCCCCC1(CCCCCCCC)c2cc(N(c3ccc4c(c3)C(C)(C)c3c5c(c6oc7ccccc7c6c3-4)-c3ccccc3C5(C)C)c3ccccn3)ccc2-c2cc3c(cc21)-c1c(ccc2oc4ccccc4c12)C3(CCCCCCCC)CCCCCCCC. The first-order valence-corrected chi connectivity index (χ1v) is 38.8. The minimum Gasteiger partial charge on any atom is -0.456 e. The van der Waals surface area contributed by atoms with Crippen molar-refractivity contribution in [2.45, 2.75) is 257 Å². The van der Waals surface area contributed by atoms with E-state index in [0.717, 1.165) is 46.7 Å². The Labute approximate surface area is 580 Å². The lowest BCUT2D eigenvalue weighted by Gasteiger charge is -2.35. The van der Waals surface area contributed by atoms with Gasteiger partial charge in [0.2, 0.25) is 0 Å². The van der Waals surface area contributed by atoms with Crippen LogP contribution in [0.2, 0.25) is 0 Å².